The highest BCUT2D eigenvalue weighted by Crippen LogP contribution is 2.46. The lowest BCUT2D eigenvalue weighted by atomic mass is 9.73. The van der Waals surface area contributed by atoms with E-state index in [4.69, 9.17) is 4.74 Å². The molecular weight excluding hydrogens is 362 g/mol. The minimum Gasteiger partial charge on any atom is -0.443 e. The number of hydrogen-bond donors (Lipinski definition) is 0. The zero-order chi connectivity index (χ0) is 21.4. The summed E-state index contributed by atoms with van der Waals surface area (Å²) in [4.78, 5) is 27.4. The van der Waals surface area contributed by atoms with Crippen molar-refractivity contribution in [1.82, 2.24) is 0 Å². The molecule has 0 N–H and O–H groups in total. The van der Waals surface area contributed by atoms with E-state index in [-0.39, 0.29) is 11.8 Å². The van der Waals surface area contributed by atoms with Crippen LogP contribution in [0.2, 0.25) is 0 Å². The average molecular weight is 389 g/mol. The van der Waals surface area contributed by atoms with Crippen molar-refractivity contribution in [3.05, 3.63) is 65.2 Å². The number of nitrogens with zero attached hydrogens (tertiary/aromatic N) is 1. The van der Waals surface area contributed by atoms with Gasteiger partial charge in [-0.1, -0.05) is 54.7 Å². The van der Waals surface area contributed by atoms with Gasteiger partial charge in [0, 0.05) is 11.5 Å². The Labute approximate surface area is 172 Å². The fourth-order valence-electron chi connectivity index (χ4n) is 3.44. The Balaban J connectivity index is 1.99. The van der Waals surface area contributed by atoms with Crippen LogP contribution in [0.15, 0.2) is 48.5 Å². The summed E-state index contributed by atoms with van der Waals surface area (Å²) in [7, 11) is 0. The molecule has 0 unspecified atom stereocenters. The van der Waals surface area contributed by atoms with Gasteiger partial charge in [0.05, 0.1) is 11.1 Å². The number of amides is 2. The molecule has 0 spiro atoms. The fourth-order valence-corrected chi connectivity index (χ4v) is 3.44. The van der Waals surface area contributed by atoms with Gasteiger partial charge in [0.25, 0.3) is 0 Å². The van der Waals surface area contributed by atoms with Crippen molar-refractivity contribution in [1.29, 1.82) is 0 Å². The second-order valence-electron chi connectivity index (χ2n) is 8.70. The van der Waals surface area contributed by atoms with Gasteiger partial charge in [-0.05, 0) is 58.4 Å². The molecule has 150 valence electrons. The normalized spacial score (nSPS) is 19.2. The highest BCUT2D eigenvalue weighted by molar-refractivity contribution is 6.21. The Morgan fingerprint density at radius 3 is 2.34 bits per heavy atom. The van der Waals surface area contributed by atoms with Gasteiger partial charge in [-0.15, -0.1) is 0 Å². The van der Waals surface area contributed by atoms with E-state index in [0.29, 0.717) is 5.69 Å². The number of benzene rings is 2. The van der Waals surface area contributed by atoms with E-state index >= 15 is 0 Å². The van der Waals surface area contributed by atoms with Crippen LogP contribution in [-0.4, -0.2) is 17.6 Å². The number of rotatable bonds is 1. The van der Waals surface area contributed by atoms with Gasteiger partial charge in [-0.25, -0.2) is 9.69 Å². The number of hydrogen-bond acceptors (Lipinski definition) is 3. The third-order valence-corrected chi connectivity index (χ3v) is 5.28. The summed E-state index contributed by atoms with van der Waals surface area (Å²) in [6.07, 6.45) is -0.655. The van der Waals surface area contributed by atoms with Gasteiger partial charge in [-0.3, -0.25) is 4.79 Å². The molecule has 4 heteroatoms. The first-order chi connectivity index (χ1) is 13.5. The molecule has 0 saturated carbocycles. The molecule has 3 rings (SSSR count). The summed E-state index contributed by atoms with van der Waals surface area (Å²) >= 11 is 0. The molecule has 2 atom stereocenters. The van der Waals surface area contributed by atoms with Crippen LogP contribution in [0, 0.1) is 24.7 Å². The number of carbonyl (C=O) groups excluding carboxylic acids is 2. The van der Waals surface area contributed by atoms with Crippen LogP contribution in [0.3, 0.4) is 0 Å². The van der Waals surface area contributed by atoms with Gasteiger partial charge in [0.15, 0.2) is 0 Å². The van der Waals surface area contributed by atoms with Crippen molar-refractivity contribution in [2.24, 2.45) is 5.92 Å². The molecule has 0 saturated heterocycles. The lowest BCUT2D eigenvalue weighted by Crippen LogP contribution is -2.46. The van der Waals surface area contributed by atoms with Crippen LogP contribution in [-0.2, 0) is 14.9 Å². The van der Waals surface area contributed by atoms with Crippen LogP contribution in [0.4, 0.5) is 10.5 Å². The van der Waals surface area contributed by atoms with E-state index in [1.54, 1.807) is 26.8 Å². The van der Waals surface area contributed by atoms with Crippen LogP contribution in [0.25, 0.3) is 0 Å². The smallest absolute Gasteiger partial charge is 0.421 e. The number of imide groups is 1. The summed E-state index contributed by atoms with van der Waals surface area (Å²) in [6.45, 7) is 11.2. The maximum absolute atomic E-state index is 13.5. The van der Waals surface area contributed by atoms with E-state index in [1.807, 2.05) is 63.2 Å². The molecule has 0 fully saturated rings. The fraction of sp³-hybridized carbons (Fsp3) is 0.360. The maximum atomic E-state index is 13.5. The number of aryl methyl sites for hydroxylation is 1. The van der Waals surface area contributed by atoms with Crippen LogP contribution in [0.1, 0.15) is 51.3 Å². The van der Waals surface area contributed by atoms with E-state index in [1.165, 1.54) is 5.56 Å². The first-order valence-corrected chi connectivity index (χ1v) is 9.79. The molecule has 1 aliphatic heterocycles. The second-order valence-corrected chi connectivity index (χ2v) is 8.70. The lowest BCUT2D eigenvalue weighted by molar-refractivity contribution is -0.123. The Hall–Kier alpha value is -3.06. The monoisotopic (exact) mass is 389 g/mol. The van der Waals surface area contributed by atoms with Gasteiger partial charge in [-0.2, -0.15) is 0 Å². The molecule has 1 heterocycles. The van der Waals surface area contributed by atoms with Gasteiger partial charge in [0.1, 0.15) is 5.60 Å². The molecule has 0 aromatic heterocycles. The summed E-state index contributed by atoms with van der Waals surface area (Å²) in [5, 5.41) is 0. The molecule has 0 bridgehead atoms. The van der Waals surface area contributed by atoms with Gasteiger partial charge < -0.3 is 4.74 Å². The Kier molecular flexibility index (Phi) is 5.28. The summed E-state index contributed by atoms with van der Waals surface area (Å²) < 4.78 is 5.49. The topological polar surface area (TPSA) is 46.6 Å². The van der Waals surface area contributed by atoms with E-state index < -0.39 is 17.1 Å². The van der Waals surface area contributed by atoms with E-state index in [9.17, 15) is 9.59 Å². The average Bonchev–Trinajstić information content (AvgIpc) is 2.88. The molecule has 2 amide bonds. The molecular formula is C25H27NO3. The van der Waals surface area contributed by atoms with Crippen molar-refractivity contribution in [3.63, 3.8) is 0 Å². The van der Waals surface area contributed by atoms with Crippen LogP contribution in [0.5, 0.6) is 0 Å². The third-order valence-electron chi connectivity index (χ3n) is 5.28. The lowest BCUT2D eigenvalue weighted by Gasteiger charge is -2.28. The van der Waals surface area contributed by atoms with Crippen molar-refractivity contribution < 1.29 is 14.3 Å². The predicted octanol–water partition coefficient (Wildman–Crippen LogP) is 5.22. The molecule has 2 aromatic carbocycles. The predicted molar refractivity (Wildman–Crippen MR) is 115 cm³/mol. The Bertz CT molecular complexity index is 1000. The zero-order valence-corrected chi connectivity index (χ0v) is 17.9. The highest BCUT2D eigenvalue weighted by Gasteiger charge is 2.53. The molecule has 4 nitrogen and oxygen atoms in total. The van der Waals surface area contributed by atoms with Crippen molar-refractivity contribution in [2.75, 3.05) is 4.90 Å². The number of anilines is 1. The molecule has 2 aromatic rings. The molecule has 29 heavy (non-hydrogen) atoms. The highest BCUT2D eigenvalue weighted by atomic mass is 16.6. The number of para-hydroxylation sites is 1. The van der Waals surface area contributed by atoms with E-state index in [0.717, 1.165) is 16.0 Å². The zero-order valence-electron chi connectivity index (χ0n) is 17.9. The molecule has 1 aliphatic rings. The van der Waals surface area contributed by atoms with Crippen molar-refractivity contribution >= 4 is 17.7 Å². The quantitative estimate of drug-likeness (QED) is 0.628. The SMILES string of the molecule is Cc1ccc(C#C[C@H](C)[C@@]2(C)C(=O)N(C(=O)OC(C)(C)C)c3ccccc32)cc1. The largest absolute Gasteiger partial charge is 0.443 e. The summed E-state index contributed by atoms with van der Waals surface area (Å²) in [5.41, 5.74) is 1.80. The first-order valence-electron chi connectivity index (χ1n) is 9.79. The third kappa shape index (κ3) is 3.91. The standard InChI is InChI=1S/C25H27NO3/c1-17-11-14-19(15-12-17)16-13-18(2)25(6)20-9-7-8-10-21(20)26(22(25)27)23(28)29-24(3,4)5/h7-12,14-15,18H,1-6H3/t18-,25+/m0/s1. The minimum absolute atomic E-state index is 0.301. The maximum Gasteiger partial charge on any atom is 0.421 e. The molecule has 0 radical (unpaired) electrons. The first kappa shape index (κ1) is 20.7. The Morgan fingerprint density at radius 1 is 1.10 bits per heavy atom. The number of carbonyl (C=O) groups is 2. The van der Waals surface area contributed by atoms with Gasteiger partial charge >= 0.3 is 6.09 Å². The summed E-state index contributed by atoms with van der Waals surface area (Å²) in [6, 6.07) is 15.3. The van der Waals surface area contributed by atoms with Gasteiger partial charge in [0.2, 0.25) is 5.91 Å². The van der Waals surface area contributed by atoms with Crippen LogP contribution < -0.4 is 4.90 Å². The van der Waals surface area contributed by atoms with E-state index in [2.05, 4.69) is 11.8 Å². The summed E-state index contributed by atoms with van der Waals surface area (Å²) in [5.74, 6) is 5.79. The van der Waals surface area contributed by atoms with Crippen LogP contribution >= 0.6 is 0 Å². The van der Waals surface area contributed by atoms with Crippen molar-refractivity contribution in [2.45, 2.75) is 52.6 Å². The van der Waals surface area contributed by atoms with Crippen molar-refractivity contribution in [3.8, 4) is 11.8 Å². The minimum atomic E-state index is -0.939. The molecule has 0 aliphatic carbocycles. The Morgan fingerprint density at radius 2 is 1.72 bits per heavy atom. The number of fused-ring (bicyclic) bond motifs is 1. The number of ether oxygens (including phenoxy) is 1. The second kappa shape index (κ2) is 7.40.